The largest absolute Gasteiger partial charge is 0.383 e. The number of ether oxygens (including phenoxy) is 1. The third kappa shape index (κ3) is 5.34. The number of methoxy groups -OCH3 is 1. The average molecular weight is 293 g/mol. The lowest BCUT2D eigenvalue weighted by molar-refractivity contribution is 0.0866. The molecule has 118 valence electrons. The number of hydrogen-bond acceptors (Lipinski definition) is 4. The molecule has 5 nitrogen and oxygen atoms in total. The molecule has 0 aliphatic rings. The Morgan fingerprint density at radius 2 is 2.10 bits per heavy atom. The van der Waals surface area contributed by atoms with Crippen molar-refractivity contribution in [3.8, 4) is 0 Å². The first-order valence-corrected chi connectivity index (χ1v) is 7.50. The SMILES string of the molecule is CCCc1cc(C(=O)NC(COC)C(C)C)cc(NC)n1. The highest BCUT2D eigenvalue weighted by atomic mass is 16.5. The van der Waals surface area contributed by atoms with Gasteiger partial charge in [0, 0.05) is 25.4 Å². The molecular weight excluding hydrogens is 266 g/mol. The zero-order valence-corrected chi connectivity index (χ0v) is 13.7. The van der Waals surface area contributed by atoms with Crippen LogP contribution in [0.4, 0.5) is 5.82 Å². The monoisotopic (exact) mass is 293 g/mol. The molecular formula is C16H27N3O2. The van der Waals surface area contributed by atoms with E-state index in [0.29, 0.717) is 18.1 Å². The van der Waals surface area contributed by atoms with Gasteiger partial charge in [0.05, 0.1) is 12.6 Å². The minimum Gasteiger partial charge on any atom is -0.383 e. The molecule has 2 N–H and O–H groups in total. The van der Waals surface area contributed by atoms with Crippen molar-refractivity contribution in [1.29, 1.82) is 0 Å². The van der Waals surface area contributed by atoms with Crippen LogP contribution < -0.4 is 10.6 Å². The van der Waals surface area contributed by atoms with E-state index in [9.17, 15) is 4.79 Å². The number of aromatic nitrogens is 1. The molecule has 1 heterocycles. The predicted molar refractivity (Wildman–Crippen MR) is 85.7 cm³/mol. The van der Waals surface area contributed by atoms with Crippen molar-refractivity contribution in [3.05, 3.63) is 23.4 Å². The summed E-state index contributed by atoms with van der Waals surface area (Å²) < 4.78 is 5.17. The molecule has 1 unspecified atom stereocenters. The topological polar surface area (TPSA) is 63.2 Å². The quantitative estimate of drug-likeness (QED) is 0.773. The number of hydrogen-bond donors (Lipinski definition) is 2. The van der Waals surface area contributed by atoms with Crippen LogP contribution in [0.1, 0.15) is 43.2 Å². The van der Waals surface area contributed by atoms with Crippen LogP contribution in [0, 0.1) is 5.92 Å². The lowest BCUT2D eigenvalue weighted by Crippen LogP contribution is -2.41. The van der Waals surface area contributed by atoms with Gasteiger partial charge in [-0.15, -0.1) is 0 Å². The van der Waals surface area contributed by atoms with Gasteiger partial charge < -0.3 is 15.4 Å². The highest BCUT2D eigenvalue weighted by molar-refractivity contribution is 5.95. The first-order valence-electron chi connectivity index (χ1n) is 7.50. The van der Waals surface area contributed by atoms with Crippen LogP contribution in [0.15, 0.2) is 12.1 Å². The van der Waals surface area contributed by atoms with Gasteiger partial charge in [0.2, 0.25) is 0 Å². The minimum absolute atomic E-state index is 0.00308. The molecule has 1 aromatic rings. The maximum atomic E-state index is 12.4. The predicted octanol–water partition coefficient (Wildman–Crippen LogP) is 2.48. The van der Waals surface area contributed by atoms with Gasteiger partial charge in [-0.05, 0) is 24.5 Å². The van der Waals surface area contributed by atoms with E-state index in [4.69, 9.17) is 4.74 Å². The summed E-state index contributed by atoms with van der Waals surface area (Å²) in [6, 6.07) is 3.64. The maximum absolute atomic E-state index is 12.4. The molecule has 1 aromatic heterocycles. The summed E-state index contributed by atoms with van der Waals surface area (Å²) in [6.45, 7) is 6.74. The molecule has 0 spiro atoms. The molecule has 0 aliphatic heterocycles. The van der Waals surface area contributed by atoms with E-state index >= 15 is 0 Å². The number of carbonyl (C=O) groups is 1. The van der Waals surface area contributed by atoms with E-state index in [2.05, 4.69) is 36.4 Å². The summed E-state index contributed by atoms with van der Waals surface area (Å²) >= 11 is 0. The highest BCUT2D eigenvalue weighted by Crippen LogP contribution is 2.13. The number of carbonyl (C=O) groups excluding carboxylic acids is 1. The number of nitrogens with zero attached hydrogens (tertiary/aromatic N) is 1. The number of pyridine rings is 1. The van der Waals surface area contributed by atoms with Crippen LogP contribution in [-0.4, -0.2) is 37.7 Å². The van der Waals surface area contributed by atoms with E-state index in [1.165, 1.54) is 0 Å². The molecule has 0 radical (unpaired) electrons. The Kier molecular flexibility index (Phi) is 7.15. The fourth-order valence-corrected chi connectivity index (χ4v) is 2.06. The molecule has 1 rings (SSSR count). The van der Waals surface area contributed by atoms with Crippen molar-refractivity contribution in [3.63, 3.8) is 0 Å². The normalized spacial score (nSPS) is 12.3. The second-order valence-electron chi connectivity index (χ2n) is 5.51. The Morgan fingerprint density at radius 1 is 1.38 bits per heavy atom. The minimum atomic E-state index is -0.0815. The van der Waals surface area contributed by atoms with Crippen LogP contribution in [0.25, 0.3) is 0 Å². The van der Waals surface area contributed by atoms with Gasteiger partial charge in [-0.1, -0.05) is 27.2 Å². The average Bonchev–Trinajstić information content (AvgIpc) is 2.46. The summed E-state index contributed by atoms with van der Waals surface area (Å²) in [5, 5.41) is 6.04. The standard InChI is InChI=1S/C16H27N3O2/c1-6-7-13-8-12(9-15(17-4)18-13)16(20)19-14(10-21-5)11(2)3/h8-9,11,14H,6-7,10H2,1-5H3,(H,17,18)(H,19,20). The molecule has 0 aliphatic carbocycles. The van der Waals surface area contributed by atoms with E-state index < -0.39 is 0 Å². The summed E-state index contributed by atoms with van der Waals surface area (Å²) in [6.07, 6.45) is 1.86. The van der Waals surface area contributed by atoms with Crippen LogP contribution in [0.3, 0.4) is 0 Å². The van der Waals surface area contributed by atoms with Crippen molar-refractivity contribution in [2.75, 3.05) is 26.1 Å². The fourth-order valence-electron chi connectivity index (χ4n) is 2.06. The van der Waals surface area contributed by atoms with Crippen molar-refractivity contribution < 1.29 is 9.53 Å². The van der Waals surface area contributed by atoms with Gasteiger partial charge in [0.25, 0.3) is 5.91 Å². The van der Waals surface area contributed by atoms with Gasteiger partial charge in [0.15, 0.2) is 0 Å². The molecule has 0 saturated carbocycles. The van der Waals surface area contributed by atoms with Gasteiger partial charge in [0.1, 0.15) is 5.82 Å². The van der Waals surface area contributed by atoms with Crippen molar-refractivity contribution in [2.45, 2.75) is 39.7 Å². The van der Waals surface area contributed by atoms with Crippen LogP contribution in [0.5, 0.6) is 0 Å². The Morgan fingerprint density at radius 3 is 2.62 bits per heavy atom. The highest BCUT2D eigenvalue weighted by Gasteiger charge is 2.18. The third-order valence-electron chi connectivity index (χ3n) is 3.37. The molecule has 0 aromatic carbocycles. The molecule has 1 amide bonds. The van der Waals surface area contributed by atoms with E-state index in [1.807, 2.05) is 13.1 Å². The van der Waals surface area contributed by atoms with Crippen LogP contribution in [0.2, 0.25) is 0 Å². The van der Waals surface area contributed by atoms with Gasteiger partial charge in [-0.3, -0.25) is 4.79 Å². The molecule has 5 heteroatoms. The molecule has 1 atom stereocenters. The van der Waals surface area contributed by atoms with Crippen molar-refractivity contribution >= 4 is 11.7 Å². The Balaban J connectivity index is 2.92. The van der Waals surface area contributed by atoms with Crippen LogP contribution >= 0.6 is 0 Å². The molecule has 21 heavy (non-hydrogen) atoms. The Bertz CT molecular complexity index is 461. The number of rotatable bonds is 8. The fraction of sp³-hybridized carbons (Fsp3) is 0.625. The summed E-state index contributed by atoms with van der Waals surface area (Å²) in [5.41, 5.74) is 1.57. The Labute approximate surface area is 127 Å². The smallest absolute Gasteiger partial charge is 0.251 e. The second kappa shape index (κ2) is 8.62. The van der Waals surface area contributed by atoms with Crippen molar-refractivity contribution in [1.82, 2.24) is 10.3 Å². The number of aryl methyl sites for hydroxylation is 1. The Hall–Kier alpha value is -1.62. The third-order valence-corrected chi connectivity index (χ3v) is 3.37. The lowest BCUT2D eigenvalue weighted by Gasteiger charge is -2.21. The number of amides is 1. The summed E-state index contributed by atoms with van der Waals surface area (Å²) in [5.74, 6) is 0.954. The zero-order chi connectivity index (χ0) is 15.8. The molecule has 0 bridgehead atoms. The summed E-state index contributed by atoms with van der Waals surface area (Å²) in [4.78, 5) is 16.9. The number of nitrogens with one attached hydrogen (secondary N) is 2. The number of anilines is 1. The maximum Gasteiger partial charge on any atom is 0.251 e. The first-order chi connectivity index (χ1) is 10.0. The van der Waals surface area contributed by atoms with Gasteiger partial charge in [-0.2, -0.15) is 0 Å². The van der Waals surface area contributed by atoms with Gasteiger partial charge >= 0.3 is 0 Å². The first kappa shape index (κ1) is 17.4. The van der Waals surface area contributed by atoms with Crippen LogP contribution in [-0.2, 0) is 11.2 Å². The second-order valence-corrected chi connectivity index (χ2v) is 5.51. The van der Waals surface area contributed by atoms with Crippen molar-refractivity contribution in [2.24, 2.45) is 5.92 Å². The lowest BCUT2D eigenvalue weighted by atomic mass is 10.0. The van der Waals surface area contributed by atoms with E-state index in [-0.39, 0.29) is 11.9 Å². The van der Waals surface area contributed by atoms with E-state index in [0.717, 1.165) is 24.4 Å². The summed E-state index contributed by atoms with van der Waals surface area (Å²) in [7, 11) is 3.45. The molecule has 0 saturated heterocycles. The van der Waals surface area contributed by atoms with Gasteiger partial charge in [-0.25, -0.2) is 4.98 Å². The van der Waals surface area contributed by atoms with E-state index in [1.54, 1.807) is 13.2 Å². The zero-order valence-electron chi connectivity index (χ0n) is 13.7. The molecule has 0 fully saturated rings.